The van der Waals surface area contributed by atoms with E-state index < -0.39 is 0 Å². The summed E-state index contributed by atoms with van der Waals surface area (Å²) in [7, 11) is 2.16. The number of aromatic nitrogens is 2. The fourth-order valence-electron chi connectivity index (χ4n) is 3.24. The van der Waals surface area contributed by atoms with Crippen molar-refractivity contribution in [1.29, 1.82) is 0 Å². The normalized spacial score (nSPS) is 14.6. The molecule has 3 N–H and O–H groups in total. The number of likely N-dealkylation sites (N-methyl/N-ethyl adjacent to an activating group) is 1. The lowest BCUT2D eigenvalue weighted by Gasteiger charge is -2.34. The lowest BCUT2D eigenvalue weighted by molar-refractivity contribution is 0.313. The van der Waals surface area contributed by atoms with Crippen LogP contribution in [0.4, 0.5) is 23.0 Å². The fraction of sp³-hybridized carbons (Fsp3) is 0.273. The molecule has 7 nitrogen and oxygen atoms in total. The summed E-state index contributed by atoms with van der Waals surface area (Å²) in [6.07, 6.45) is 1.67. The van der Waals surface area contributed by atoms with Gasteiger partial charge in [-0.05, 0) is 62.0 Å². The maximum Gasteiger partial charge on any atom is 0.230 e. The van der Waals surface area contributed by atoms with E-state index in [1.807, 2.05) is 37.3 Å². The van der Waals surface area contributed by atoms with Crippen molar-refractivity contribution in [3.8, 4) is 11.6 Å². The molecule has 2 aromatic carbocycles. The van der Waals surface area contributed by atoms with Gasteiger partial charge in [0.2, 0.25) is 11.8 Å². The molecular formula is C22H26N6O. The highest BCUT2D eigenvalue weighted by atomic mass is 16.5. The lowest BCUT2D eigenvalue weighted by Crippen LogP contribution is -2.44. The summed E-state index contributed by atoms with van der Waals surface area (Å²) < 4.78 is 5.84. The van der Waals surface area contributed by atoms with Crippen LogP contribution in [0.3, 0.4) is 0 Å². The monoisotopic (exact) mass is 390 g/mol. The minimum Gasteiger partial charge on any atom is -0.439 e. The first kappa shape index (κ1) is 19.0. The van der Waals surface area contributed by atoms with Gasteiger partial charge >= 0.3 is 0 Å². The van der Waals surface area contributed by atoms with Crippen molar-refractivity contribution in [2.75, 3.05) is 49.2 Å². The van der Waals surface area contributed by atoms with E-state index in [2.05, 4.69) is 44.3 Å². The Balaban J connectivity index is 1.41. The van der Waals surface area contributed by atoms with Gasteiger partial charge in [0.25, 0.3) is 0 Å². The van der Waals surface area contributed by atoms with Crippen LogP contribution < -0.4 is 20.7 Å². The second kappa shape index (κ2) is 8.36. The molecule has 1 aliphatic rings. The molecule has 0 spiro atoms. The highest BCUT2D eigenvalue weighted by Gasteiger charge is 2.14. The molecule has 7 heteroatoms. The summed E-state index contributed by atoms with van der Waals surface area (Å²) in [5.41, 5.74) is 9.74. The third-order valence-electron chi connectivity index (χ3n) is 5.09. The molecule has 2 heterocycles. The van der Waals surface area contributed by atoms with Gasteiger partial charge in [-0.1, -0.05) is 0 Å². The number of nitrogen functional groups attached to an aromatic ring is 1. The van der Waals surface area contributed by atoms with Crippen molar-refractivity contribution in [3.05, 3.63) is 60.3 Å². The number of aryl methyl sites for hydroxylation is 1. The number of ether oxygens (including phenoxy) is 1. The molecule has 0 atom stereocenters. The molecule has 1 saturated heterocycles. The van der Waals surface area contributed by atoms with E-state index in [0.717, 1.165) is 43.1 Å². The lowest BCUT2D eigenvalue weighted by atomic mass is 10.2. The van der Waals surface area contributed by atoms with Crippen LogP contribution in [0.2, 0.25) is 0 Å². The van der Waals surface area contributed by atoms with E-state index >= 15 is 0 Å². The van der Waals surface area contributed by atoms with Crippen molar-refractivity contribution in [2.24, 2.45) is 0 Å². The van der Waals surface area contributed by atoms with Gasteiger partial charge < -0.3 is 25.6 Å². The molecule has 29 heavy (non-hydrogen) atoms. The number of anilines is 4. The molecule has 150 valence electrons. The first-order valence-electron chi connectivity index (χ1n) is 9.74. The molecule has 1 aromatic heterocycles. The van der Waals surface area contributed by atoms with Gasteiger partial charge in [0.15, 0.2) is 0 Å². The molecule has 0 saturated carbocycles. The van der Waals surface area contributed by atoms with Crippen molar-refractivity contribution in [1.82, 2.24) is 14.9 Å². The van der Waals surface area contributed by atoms with Crippen molar-refractivity contribution < 1.29 is 4.74 Å². The molecule has 0 unspecified atom stereocenters. The van der Waals surface area contributed by atoms with Gasteiger partial charge in [0.05, 0.1) is 0 Å². The third-order valence-corrected chi connectivity index (χ3v) is 5.09. The number of nitrogens with zero attached hydrogens (tertiary/aromatic N) is 4. The zero-order valence-electron chi connectivity index (χ0n) is 16.8. The van der Waals surface area contributed by atoms with Crippen LogP contribution in [-0.4, -0.2) is 48.1 Å². The predicted octanol–water partition coefficient (Wildman–Crippen LogP) is 3.65. The van der Waals surface area contributed by atoms with Crippen LogP contribution in [0.1, 0.15) is 5.56 Å². The van der Waals surface area contributed by atoms with Crippen molar-refractivity contribution in [2.45, 2.75) is 6.92 Å². The Hall–Kier alpha value is -3.32. The highest BCUT2D eigenvalue weighted by molar-refractivity contribution is 5.59. The summed E-state index contributed by atoms with van der Waals surface area (Å²) >= 11 is 0. The Morgan fingerprint density at radius 2 is 1.76 bits per heavy atom. The first-order valence-corrected chi connectivity index (χ1v) is 9.74. The highest BCUT2D eigenvalue weighted by Crippen LogP contribution is 2.25. The summed E-state index contributed by atoms with van der Waals surface area (Å²) in [6, 6.07) is 15.6. The Kier molecular flexibility index (Phi) is 5.48. The third kappa shape index (κ3) is 4.75. The minimum absolute atomic E-state index is 0.473. The van der Waals surface area contributed by atoms with Crippen LogP contribution in [0.5, 0.6) is 11.6 Å². The summed E-state index contributed by atoms with van der Waals surface area (Å²) in [5.74, 6) is 1.65. The number of hydrogen-bond acceptors (Lipinski definition) is 7. The maximum absolute atomic E-state index is 5.86. The van der Waals surface area contributed by atoms with Gasteiger partial charge in [0, 0.05) is 55.5 Å². The number of piperazine rings is 1. The zero-order valence-corrected chi connectivity index (χ0v) is 16.8. The second-order valence-electron chi connectivity index (χ2n) is 7.30. The van der Waals surface area contributed by atoms with Crippen molar-refractivity contribution >= 4 is 23.0 Å². The Morgan fingerprint density at radius 1 is 1.00 bits per heavy atom. The molecule has 1 fully saturated rings. The van der Waals surface area contributed by atoms with Crippen molar-refractivity contribution in [3.63, 3.8) is 0 Å². The van der Waals surface area contributed by atoms with Gasteiger partial charge in [-0.15, -0.1) is 0 Å². The Bertz CT molecular complexity index is 967. The van der Waals surface area contributed by atoms with E-state index in [1.165, 1.54) is 5.69 Å². The number of nitrogens with one attached hydrogen (secondary N) is 1. The number of nitrogens with two attached hydrogens (primary N) is 1. The maximum atomic E-state index is 5.86. The zero-order chi connectivity index (χ0) is 20.2. The fourth-order valence-corrected chi connectivity index (χ4v) is 3.24. The topological polar surface area (TPSA) is 79.5 Å². The smallest absolute Gasteiger partial charge is 0.230 e. The molecule has 3 aromatic rings. The SMILES string of the molecule is Cc1cc(Oc2ccnc(Nc3ccc(N4CCN(C)CC4)cc3)n2)ccc1N. The molecule has 0 radical (unpaired) electrons. The predicted molar refractivity (Wildman–Crippen MR) is 117 cm³/mol. The second-order valence-corrected chi connectivity index (χ2v) is 7.30. The van der Waals surface area contributed by atoms with E-state index in [0.29, 0.717) is 17.6 Å². The molecule has 4 rings (SSSR count). The van der Waals surface area contributed by atoms with Crippen LogP contribution in [0.25, 0.3) is 0 Å². The summed E-state index contributed by atoms with van der Waals surface area (Å²) in [5, 5.41) is 3.24. The summed E-state index contributed by atoms with van der Waals surface area (Å²) in [6.45, 7) is 6.23. The van der Waals surface area contributed by atoms with Crippen LogP contribution in [0, 0.1) is 6.92 Å². The Labute approximate surface area is 171 Å². The largest absolute Gasteiger partial charge is 0.439 e. The van der Waals surface area contributed by atoms with E-state index in [1.54, 1.807) is 12.3 Å². The molecule has 0 bridgehead atoms. The van der Waals surface area contributed by atoms with Crippen LogP contribution in [0.15, 0.2) is 54.7 Å². The Morgan fingerprint density at radius 3 is 2.48 bits per heavy atom. The number of rotatable bonds is 5. The van der Waals surface area contributed by atoms with Gasteiger partial charge in [-0.25, -0.2) is 4.98 Å². The van der Waals surface area contributed by atoms with E-state index in [9.17, 15) is 0 Å². The van der Waals surface area contributed by atoms with E-state index in [-0.39, 0.29) is 0 Å². The van der Waals surface area contributed by atoms with Crippen LogP contribution >= 0.6 is 0 Å². The summed E-state index contributed by atoms with van der Waals surface area (Å²) in [4.78, 5) is 13.5. The first-order chi connectivity index (χ1) is 14.1. The van der Waals surface area contributed by atoms with Crippen LogP contribution in [-0.2, 0) is 0 Å². The average Bonchev–Trinajstić information content (AvgIpc) is 2.72. The molecule has 0 amide bonds. The van der Waals surface area contributed by atoms with E-state index in [4.69, 9.17) is 10.5 Å². The van der Waals surface area contributed by atoms with Gasteiger partial charge in [0.1, 0.15) is 5.75 Å². The average molecular weight is 390 g/mol. The number of hydrogen-bond donors (Lipinski definition) is 2. The quantitative estimate of drug-likeness (QED) is 0.644. The van der Waals surface area contributed by atoms with Gasteiger partial charge in [-0.3, -0.25) is 0 Å². The number of benzene rings is 2. The minimum atomic E-state index is 0.473. The molecule has 0 aliphatic carbocycles. The standard InChI is InChI=1S/C22H26N6O/c1-16-15-19(7-8-20(16)23)29-21-9-10-24-22(26-21)25-17-3-5-18(6-4-17)28-13-11-27(2)12-14-28/h3-10,15H,11-14,23H2,1-2H3,(H,24,25,26). The van der Waals surface area contributed by atoms with Gasteiger partial charge in [-0.2, -0.15) is 4.98 Å². The molecule has 1 aliphatic heterocycles. The molecular weight excluding hydrogens is 364 g/mol.